The van der Waals surface area contributed by atoms with E-state index < -0.39 is 0 Å². The van der Waals surface area contributed by atoms with Crippen molar-refractivity contribution in [1.82, 2.24) is 9.97 Å². The Balaban J connectivity index is 2.81. The molecule has 1 N–H and O–H groups in total. The van der Waals surface area contributed by atoms with Gasteiger partial charge in [0.25, 0.3) is 0 Å². The quantitative estimate of drug-likeness (QED) is 0.791. The van der Waals surface area contributed by atoms with Crippen LogP contribution in [0.5, 0.6) is 0 Å². The summed E-state index contributed by atoms with van der Waals surface area (Å²) >= 11 is 3.47. The predicted octanol–water partition coefficient (Wildman–Crippen LogP) is 4.77. The Morgan fingerprint density at radius 1 is 1.26 bits per heavy atom. The van der Waals surface area contributed by atoms with Gasteiger partial charge in [0.05, 0.1) is 0 Å². The Morgan fingerprint density at radius 3 is 2.42 bits per heavy atom. The van der Waals surface area contributed by atoms with Crippen molar-refractivity contribution < 1.29 is 0 Å². The minimum absolute atomic E-state index is 0.0415. The lowest BCUT2D eigenvalue weighted by Crippen LogP contribution is -2.22. The molecule has 1 aromatic rings. The van der Waals surface area contributed by atoms with Crippen molar-refractivity contribution in [3.8, 4) is 0 Å². The maximum atomic E-state index is 4.63. The largest absolute Gasteiger partial charge is 0.367 e. The number of hydrogen-bond donors (Lipinski definition) is 1. The van der Waals surface area contributed by atoms with Gasteiger partial charge in [0, 0.05) is 17.5 Å². The van der Waals surface area contributed by atoms with Gasteiger partial charge in [-0.3, -0.25) is 0 Å². The van der Waals surface area contributed by atoms with Gasteiger partial charge < -0.3 is 5.32 Å². The van der Waals surface area contributed by atoms with Crippen LogP contribution in [0.3, 0.4) is 0 Å². The lowest BCUT2D eigenvalue weighted by atomic mass is 9.96. The summed E-state index contributed by atoms with van der Waals surface area (Å²) in [7, 11) is 0. The average Bonchev–Trinajstić information content (AvgIpc) is 2.26. The fraction of sp³-hybridized carbons (Fsp3) is 0.733. The van der Waals surface area contributed by atoms with E-state index in [9.17, 15) is 0 Å². The van der Waals surface area contributed by atoms with Crippen LogP contribution in [-0.4, -0.2) is 16.0 Å². The summed E-state index contributed by atoms with van der Waals surface area (Å²) in [5.41, 5.74) is -0.0415. The number of rotatable bonds is 5. The molecule has 4 heteroatoms. The van der Waals surface area contributed by atoms with Crippen molar-refractivity contribution in [2.45, 2.75) is 65.8 Å². The smallest absolute Gasteiger partial charge is 0.137 e. The van der Waals surface area contributed by atoms with Crippen LogP contribution in [0.4, 0.5) is 5.82 Å². The minimum atomic E-state index is -0.0415. The first kappa shape index (κ1) is 16.4. The molecular weight excluding hydrogens is 302 g/mol. The highest BCUT2D eigenvalue weighted by molar-refractivity contribution is 9.10. The zero-order valence-electron chi connectivity index (χ0n) is 12.9. The highest BCUT2D eigenvalue weighted by Crippen LogP contribution is 2.23. The summed E-state index contributed by atoms with van der Waals surface area (Å²) < 4.78 is 0.839. The molecule has 0 fully saturated rings. The Morgan fingerprint density at radius 2 is 1.89 bits per heavy atom. The van der Waals surface area contributed by atoms with Gasteiger partial charge in [0.1, 0.15) is 16.2 Å². The van der Waals surface area contributed by atoms with Crippen LogP contribution in [0.1, 0.15) is 60.2 Å². The standard InChI is InChI=1S/C15H26BrN3/c1-7-10(2)8-11(3)17-13-9-12(16)18-14(19-13)15(4,5)6/h9-11H,7-8H2,1-6H3,(H,17,18,19). The van der Waals surface area contributed by atoms with E-state index in [1.807, 2.05) is 6.07 Å². The molecule has 1 aromatic heterocycles. The minimum Gasteiger partial charge on any atom is -0.367 e. The monoisotopic (exact) mass is 327 g/mol. The molecule has 0 aliphatic heterocycles. The first-order valence-corrected chi connectivity index (χ1v) is 7.83. The van der Waals surface area contributed by atoms with Crippen LogP contribution in [0.2, 0.25) is 0 Å². The van der Waals surface area contributed by atoms with E-state index in [1.165, 1.54) is 6.42 Å². The summed E-state index contributed by atoms with van der Waals surface area (Å²) in [5, 5.41) is 3.48. The molecule has 3 nitrogen and oxygen atoms in total. The summed E-state index contributed by atoms with van der Waals surface area (Å²) in [4.78, 5) is 9.08. The second kappa shape index (κ2) is 6.69. The average molecular weight is 328 g/mol. The second-order valence-electron chi connectivity index (χ2n) is 6.44. The molecule has 108 valence electrons. The van der Waals surface area contributed by atoms with Crippen LogP contribution in [0.15, 0.2) is 10.7 Å². The zero-order chi connectivity index (χ0) is 14.6. The maximum absolute atomic E-state index is 4.63. The number of halogens is 1. The van der Waals surface area contributed by atoms with Gasteiger partial charge >= 0.3 is 0 Å². The number of nitrogens with one attached hydrogen (secondary N) is 1. The van der Waals surface area contributed by atoms with Crippen LogP contribution in [0.25, 0.3) is 0 Å². The highest BCUT2D eigenvalue weighted by atomic mass is 79.9. The van der Waals surface area contributed by atoms with Crippen molar-refractivity contribution in [2.24, 2.45) is 5.92 Å². The van der Waals surface area contributed by atoms with Gasteiger partial charge in [-0.15, -0.1) is 0 Å². The van der Waals surface area contributed by atoms with Gasteiger partial charge in [-0.1, -0.05) is 41.0 Å². The maximum Gasteiger partial charge on any atom is 0.137 e. The molecule has 0 aliphatic carbocycles. The van der Waals surface area contributed by atoms with Gasteiger partial charge in [-0.25, -0.2) is 9.97 Å². The predicted molar refractivity (Wildman–Crippen MR) is 85.6 cm³/mol. The fourth-order valence-electron chi connectivity index (χ4n) is 1.91. The normalized spacial score (nSPS) is 15.1. The molecular formula is C15H26BrN3. The lowest BCUT2D eigenvalue weighted by molar-refractivity contribution is 0.482. The molecule has 2 unspecified atom stereocenters. The van der Waals surface area contributed by atoms with Crippen molar-refractivity contribution in [2.75, 3.05) is 5.32 Å². The van der Waals surface area contributed by atoms with E-state index in [0.717, 1.165) is 28.6 Å². The zero-order valence-corrected chi connectivity index (χ0v) is 14.5. The van der Waals surface area contributed by atoms with Crippen molar-refractivity contribution in [3.05, 3.63) is 16.5 Å². The van der Waals surface area contributed by atoms with E-state index in [1.54, 1.807) is 0 Å². The molecule has 1 rings (SSSR count). The van der Waals surface area contributed by atoms with Crippen molar-refractivity contribution >= 4 is 21.7 Å². The van der Waals surface area contributed by atoms with Gasteiger partial charge in [0.2, 0.25) is 0 Å². The second-order valence-corrected chi connectivity index (χ2v) is 7.26. The molecule has 0 bridgehead atoms. The highest BCUT2D eigenvalue weighted by Gasteiger charge is 2.19. The Kier molecular flexibility index (Phi) is 5.78. The van der Waals surface area contributed by atoms with Crippen LogP contribution < -0.4 is 5.32 Å². The van der Waals surface area contributed by atoms with Crippen LogP contribution >= 0.6 is 15.9 Å². The van der Waals surface area contributed by atoms with Crippen molar-refractivity contribution in [3.63, 3.8) is 0 Å². The fourth-order valence-corrected chi connectivity index (χ4v) is 2.29. The first-order valence-electron chi connectivity index (χ1n) is 7.04. The molecule has 0 spiro atoms. The molecule has 0 saturated carbocycles. The Labute approximate surface area is 125 Å². The van der Waals surface area contributed by atoms with E-state index in [-0.39, 0.29) is 5.41 Å². The SMILES string of the molecule is CCC(C)CC(C)Nc1cc(Br)nc(C(C)(C)C)n1. The molecule has 0 saturated heterocycles. The van der Waals surface area contributed by atoms with Crippen molar-refractivity contribution in [1.29, 1.82) is 0 Å². The molecule has 1 heterocycles. The number of hydrogen-bond acceptors (Lipinski definition) is 3. The Bertz CT molecular complexity index is 412. The number of aromatic nitrogens is 2. The van der Waals surface area contributed by atoms with Gasteiger partial charge in [-0.2, -0.15) is 0 Å². The third-order valence-corrected chi connectivity index (χ3v) is 3.62. The van der Waals surface area contributed by atoms with Gasteiger partial charge in [-0.05, 0) is 35.2 Å². The summed E-state index contributed by atoms with van der Waals surface area (Å²) in [6.07, 6.45) is 2.37. The molecule has 0 amide bonds. The topological polar surface area (TPSA) is 37.8 Å². The van der Waals surface area contributed by atoms with E-state index in [0.29, 0.717) is 6.04 Å². The molecule has 0 aromatic carbocycles. The third kappa shape index (κ3) is 5.47. The van der Waals surface area contributed by atoms with Gasteiger partial charge in [0.15, 0.2) is 0 Å². The van der Waals surface area contributed by atoms with E-state index >= 15 is 0 Å². The first-order chi connectivity index (χ1) is 8.72. The number of nitrogens with zero attached hydrogens (tertiary/aromatic N) is 2. The third-order valence-electron chi connectivity index (χ3n) is 3.21. The lowest BCUT2D eigenvalue weighted by Gasteiger charge is -2.21. The Hall–Kier alpha value is -0.640. The van der Waals surface area contributed by atoms with E-state index in [4.69, 9.17) is 0 Å². The molecule has 2 atom stereocenters. The summed E-state index contributed by atoms with van der Waals surface area (Å²) in [5.74, 6) is 2.50. The summed E-state index contributed by atoms with van der Waals surface area (Å²) in [6, 6.07) is 2.37. The molecule has 0 radical (unpaired) electrons. The van der Waals surface area contributed by atoms with E-state index in [2.05, 4.69) is 72.8 Å². The molecule has 19 heavy (non-hydrogen) atoms. The summed E-state index contributed by atoms with van der Waals surface area (Å²) in [6.45, 7) is 13.1. The number of anilines is 1. The van der Waals surface area contributed by atoms with Crippen LogP contribution in [-0.2, 0) is 5.41 Å². The van der Waals surface area contributed by atoms with Crippen LogP contribution in [0, 0.1) is 5.92 Å². The molecule has 0 aliphatic rings.